The monoisotopic (exact) mass is 205 g/mol. The summed E-state index contributed by atoms with van der Waals surface area (Å²) in [4.78, 5) is 12.3. The number of hydrogen-bond acceptors (Lipinski definition) is 5. The highest BCUT2D eigenvalue weighted by Gasteiger charge is 2.01. The van der Waals surface area contributed by atoms with E-state index in [-0.39, 0.29) is 0 Å². The summed E-state index contributed by atoms with van der Waals surface area (Å²) in [5.74, 6) is 0.712. The van der Waals surface area contributed by atoms with Crippen LogP contribution in [0.2, 0.25) is 0 Å². The van der Waals surface area contributed by atoms with Crippen LogP contribution in [0, 0.1) is 0 Å². The quantitative estimate of drug-likeness (QED) is 0.615. The average Bonchev–Trinajstić information content (AvgIpc) is 2.18. The van der Waals surface area contributed by atoms with Crippen molar-refractivity contribution in [2.45, 2.75) is 20.3 Å². The number of nitrogens with two attached hydrogens (primary N) is 2. The Morgan fingerprint density at radius 2 is 2.20 bits per heavy atom. The highest BCUT2D eigenvalue weighted by Crippen LogP contribution is 1.98. The zero-order chi connectivity index (χ0) is 11.4. The molecule has 80 valence electrons. The number of hydrogen-bond donors (Lipinski definition) is 2. The summed E-state index contributed by atoms with van der Waals surface area (Å²) in [5, 5.41) is 0.951. The van der Waals surface area contributed by atoms with Crippen LogP contribution in [-0.2, 0) is 6.42 Å². The molecule has 0 aliphatic rings. The first-order chi connectivity index (χ1) is 7.10. The van der Waals surface area contributed by atoms with Crippen molar-refractivity contribution in [2.75, 3.05) is 5.73 Å². The van der Waals surface area contributed by atoms with Crippen molar-refractivity contribution < 1.29 is 0 Å². The second kappa shape index (κ2) is 4.54. The summed E-state index contributed by atoms with van der Waals surface area (Å²) in [7, 11) is 0. The fourth-order valence-electron chi connectivity index (χ4n) is 1.19. The van der Waals surface area contributed by atoms with E-state index in [0.29, 0.717) is 34.5 Å². The largest absolute Gasteiger partial charge is 0.382 e. The number of nitrogen functional groups attached to an aromatic ring is 1. The number of rotatable bonds is 2. The maximum absolute atomic E-state index is 5.72. The van der Waals surface area contributed by atoms with Gasteiger partial charge in [0.1, 0.15) is 11.2 Å². The van der Waals surface area contributed by atoms with Gasteiger partial charge in [-0.2, -0.15) is 0 Å². The summed E-state index contributed by atoms with van der Waals surface area (Å²) in [6, 6.07) is 0. The van der Waals surface area contributed by atoms with Gasteiger partial charge in [-0.3, -0.25) is 0 Å². The number of aliphatic imine (C=N–C) groups is 1. The smallest absolute Gasteiger partial charge is 0.151 e. The van der Waals surface area contributed by atoms with E-state index in [4.69, 9.17) is 11.5 Å². The number of nitrogens with zero attached hydrogens (tertiary/aromatic N) is 3. The molecule has 0 saturated carbocycles. The maximum Gasteiger partial charge on any atom is 0.151 e. The Bertz CT molecular complexity index is 489. The predicted molar refractivity (Wildman–Crippen MR) is 62.4 cm³/mol. The lowest BCUT2D eigenvalue weighted by Gasteiger charge is -2.01. The molecule has 0 aliphatic heterocycles. The van der Waals surface area contributed by atoms with Gasteiger partial charge in [0.2, 0.25) is 0 Å². The first kappa shape index (κ1) is 11.2. The van der Waals surface area contributed by atoms with Gasteiger partial charge < -0.3 is 11.5 Å². The van der Waals surface area contributed by atoms with Gasteiger partial charge in [0.15, 0.2) is 5.82 Å². The molecule has 1 aromatic heterocycles. The van der Waals surface area contributed by atoms with Gasteiger partial charge in [-0.25, -0.2) is 15.0 Å². The molecule has 5 heteroatoms. The summed E-state index contributed by atoms with van der Waals surface area (Å²) in [6.45, 7) is 7.46. The summed E-state index contributed by atoms with van der Waals surface area (Å²) in [5.41, 5.74) is 12.1. The van der Waals surface area contributed by atoms with Gasteiger partial charge in [0, 0.05) is 6.21 Å². The highest BCUT2D eigenvalue weighted by molar-refractivity contribution is 5.61. The van der Waals surface area contributed by atoms with Crippen LogP contribution >= 0.6 is 0 Å². The molecule has 1 aromatic rings. The summed E-state index contributed by atoms with van der Waals surface area (Å²) >= 11 is 0. The van der Waals surface area contributed by atoms with Crippen molar-refractivity contribution in [3.63, 3.8) is 0 Å². The molecule has 1 rings (SSSR count). The minimum atomic E-state index is 0.310. The Hall–Kier alpha value is -1.91. The van der Waals surface area contributed by atoms with Crippen LogP contribution in [0.15, 0.2) is 4.99 Å². The van der Waals surface area contributed by atoms with Crippen LogP contribution in [0.1, 0.15) is 19.5 Å². The fraction of sp³-hybridized carbons (Fsp3) is 0.300. The molecule has 0 amide bonds. The Kier molecular flexibility index (Phi) is 3.38. The van der Waals surface area contributed by atoms with Crippen molar-refractivity contribution in [3.05, 3.63) is 16.4 Å². The maximum atomic E-state index is 5.72. The molecule has 0 radical (unpaired) electrons. The van der Waals surface area contributed by atoms with Crippen LogP contribution in [0.4, 0.5) is 5.82 Å². The average molecular weight is 205 g/mol. The molecule has 4 N–H and O–H groups in total. The van der Waals surface area contributed by atoms with E-state index in [1.165, 1.54) is 0 Å². The summed E-state index contributed by atoms with van der Waals surface area (Å²) in [6.07, 6.45) is 2.30. The van der Waals surface area contributed by atoms with E-state index in [1.54, 1.807) is 13.1 Å². The van der Waals surface area contributed by atoms with Crippen LogP contribution in [0.25, 0.3) is 12.4 Å². The van der Waals surface area contributed by atoms with Gasteiger partial charge in [-0.05, 0) is 13.3 Å². The molecule has 0 atom stereocenters. The van der Waals surface area contributed by atoms with Crippen molar-refractivity contribution in [3.8, 4) is 0 Å². The molecule has 0 aromatic carbocycles. The second-order valence-electron chi connectivity index (χ2n) is 2.98. The van der Waals surface area contributed by atoms with Crippen molar-refractivity contribution >= 4 is 24.4 Å². The SMILES string of the molecule is C=c1nc(N)c(CC)n/c1=C(\N)N=CC. The minimum Gasteiger partial charge on any atom is -0.382 e. The standard InChI is InChI=1S/C10H15N5/c1-4-7-9(11)14-6(3)8(15-7)10(12)13-5-2/h5H,3-4,12H2,1-2H3,(H2,11,14)/b10-8+,13-5?. The van der Waals surface area contributed by atoms with Crippen LogP contribution in [-0.4, -0.2) is 16.2 Å². The third-order valence-corrected chi connectivity index (χ3v) is 1.92. The van der Waals surface area contributed by atoms with E-state index in [9.17, 15) is 0 Å². The second-order valence-corrected chi connectivity index (χ2v) is 2.98. The predicted octanol–water partition coefficient (Wildman–Crippen LogP) is -0.853. The van der Waals surface area contributed by atoms with Crippen molar-refractivity contribution in [1.82, 2.24) is 9.97 Å². The molecule has 0 bridgehead atoms. The lowest BCUT2D eigenvalue weighted by Crippen LogP contribution is -2.36. The number of anilines is 1. The first-order valence-corrected chi connectivity index (χ1v) is 4.70. The summed E-state index contributed by atoms with van der Waals surface area (Å²) < 4.78 is 0. The normalized spacial score (nSPS) is 13.2. The Morgan fingerprint density at radius 1 is 1.53 bits per heavy atom. The fourth-order valence-corrected chi connectivity index (χ4v) is 1.19. The van der Waals surface area contributed by atoms with E-state index in [0.717, 1.165) is 0 Å². The topological polar surface area (TPSA) is 90.2 Å². The van der Waals surface area contributed by atoms with Crippen molar-refractivity contribution in [2.24, 2.45) is 10.7 Å². The third-order valence-electron chi connectivity index (χ3n) is 1.92. The number of aryl methyl sites for hydroxylation is 1. The molecule has 0 spiro atoms. The van der Waals surface area contributed by atoms with Crippen molar-refractivity contribution in [1.29, 1.82) is 0 Å². The Morgan fingerprint density at radius 3 is 2.73 bits per heavy atom. The molecule has 15 heavy (non-hydrogen) atoms. The molecule has 5 nitrogen and oxygen atoms in total. The Labute approximate surface area is 88.3 Å². The molecular weight excluding hydrogens is 190 g/mol. The number of aromatic nitrogens is 2. The van der Waals surface area contributed by atoms with Gasteiger partial charge in [0.05, 0.1) is 11.0 Å². The van der Waals surface area contributed by atoms with Gasteiger partial charge in [0.25, 0.3) is 0 Å². The molecule has 0 saturated heterocycles. The Balaban J connectivity index is 3.57. The van der Waals surface area contributed by atoms with Gasteiger partial charge >= 0.3 is 0 Å². The first-order valence-electron chi connectivity index (χ1n) is 4.70. The van der Waals surface area contributed by atoms with E-state index < -0.39 is 0 Å². The molecule has 0 unspecified atom stereocenters. The van der Waals surface area contributed by atoms with Crippen LogP contribution in [0.5, 0.6) is 0 Å². The van der Waals surface area contributed by atoms with E-state index in [2.05, 4.69) is 21.5 Å². The highest BCUT2D eigenvalue weighted by atomic mass is 15.0. The minimum absolute atomic E-state index is 0.310. The van der Waals surface area contributed by atoms with E-state index in [1.807, 2.05) is 6.92 Å². The van der Waals surface area contributed by atoms with Gasteiger partial charge in [-0.15, -0.1) is 0 Å². The molecule has 0 fully saturated rings. The third kappa shape index (κ3) is 2.31. The zero-order valence-corrected chi connectivity index (χ0v) is 8.99. The molecular formula is C10H15N5. The lowest BCUT2D eigenvalue weighted by atomic mass is 10.3. The van der Waals surface area contributed by atoms with Gasteiger partial charge in [-0.1, -0.05) is 13.5 Å². The lowest BCUT2D eigenvalue weighted by molar-refractivity contribution is 0.961. The molecule has 0 aliphatic carbocycles. The van der Waals surface area contributed by atoms with E-state index >= 15 is 0 Å². The zero-order valence-electron chi connectivity index (χ0n) is 8.99. The van der Waals surface area contributed by atoms with Crippen LogP contribution < -0.4 is 22.2 Å². The molecule has 1 heterocycles. The van der Waals surface area contributed by atoms with Crippen LogP contribution in [0.3, 0.4) is 0 Å².